The third-order valence-electron chi connectivity index (χ3n) is 2.82. The highest BCUT2D eigenvalue weighted by molar-refractivity contribution is 5.95. The van der Waals surface area contributed by atoms with Crippen LogP contribution >= 0.6 is 0 Å². The minimum absolute atomic E-state index is 0.144. The quantitative estimate of drug-likeness (QED) is 0.563. The molecule has 3 amide bonds. The van der Waals surface area contributed by atoms with Gasteiger partial charge < -0.3 is 10.1 Å². The Labute approximate surface area is 129 Å². The van der Waals surface area contributed by atoms with Gasteiger partial charge in [0.25, 0.3) is 5.91 Å². The summed E-state index contributed by atoms with van der Waals surface area (Å²) in [4.78, 5) is 35.2. The molecule has 120 valence electrons. The van der Waals surface area contributed by atoms with Gasteiger partial charge in [-0.1, -0.05) is 32.0 Å². The van der Waals surface area contributed by atoms with Crippen LogP contribution in [-0.4, -0.2) is 30.6 Å². The minimum Gasteiger partial charge on any atom is -0.464 e. The molecule has 0 aliphatic rings. The summed E-state index contributed by atoms with van der Waals surface area (Å²) in [7, 11) is 0. The van der Waals surface area contributed by atoms with E-state index in [1.165, 1.54) is 0 Å². The van der Waals surface area contributed by atoms with Crippen molar-refractivity contribution in [1.29, 1.82) is 0 Å². The number of urea groups is 1. The van der Waals surface area contributed by atoms with Gasteiger partial charge in [-0.3, -0.25) is 10.2 Å². The molecule has 0 fully saturated rings. The third kappa shape index (κ3) is 5.43. The number of amides is 3. The number of esters is 1. The Bertz CT molecular complexity index is 517. The van der Waals surface area contributed by atoms with Crippen molar-refractivity contribution in [3.8, 4) is 0 Å². The number of carbonyl (C=O) groups excluding carboxylic acids is 3. The van der Waals surface area contributed by atoms with Gasteiger partial charge in [-0.05, 0) is 25.0 Å². The van der Waals surface area contributed by atoms with Gasteiger partial charge >= 0.3 is 12.0 Å². The zero-order valence-corrected chi connectivity index (χ0v) is 12.9. The van der Waals surface area contributed by atoms with Gasteiger partial charge in [0.15, 0.2) is 0 Å². The number of ether oxygens (including phenoxy) is 1. The van der Waals surface area contributed by atoms with E-state index in [9.17, 15) is 14.4 Å². The molecule has 7 nitrogen and oxygen atoms in total. The molecule has 0 spiro atoms. The maximum atomic E-state index is 11.8. The molecule has 1 aromatic carbocycles. The summed E-state index contributed by atoms with van der Waals surface area (Å²) in [5, 5.41) is 2.47. The number of hydrogen-bond acceptors (Lipinski definition) is 4. The largest absolute Gasteiger partial charge is 0.464 e. The average Bonchev–Trinajstić information content (AvgIpc) is 2.51. The first-order valence-corrected chi connectivity index (χ1v) is 7.04. The zero-order valence-electron chi connectivity index (χ0n) is 12.9. The second-order valence-electron chi connectivity index (χ2n) is 4.89. The lowest BCUT2D eigenvalue weighted by Crippen LogP contribution is -2.53. The highest BCUT2D eigenvalue weighted by Gasteiger charge is 2.25. The second-order valence-corrected chi connectivity index (χ2v) is 4.89. The van der Waals surface area contributed by atoms with Gasteiger partial charge in [0.2, 0.25) is 0 Å². The molecule has 7 heteroatoms. The molecule has 22 heavy (non-hydrogen) atoms. The lowest BCUT2D eigenvalue weighted by molar-refractivity contribution is -0.146. The molecule has 1 aromatic rings. The summed E-state index contributed by atoms with van der Waals surface area (Å²) in [5.41, 5.74) is 4.88. The highest BCUT2D eigenvalue weighted by atomic mass is 16.5. The number of nitrogens with one attached hydrogen (secondary N) is 3. The molecule has 0 saturated carbocycles. The van der Waals surface area contributed by atoms with Crippen LogP contribution in [0.25, 0.3) is 0 Å². The molecule has 0 aromatic heterocycles. The average molecular weight is 307 g/mol. The smallest absolute Gasteiger partial charge is 0.334 e. The fourth-order valence-corrected chi connectivity index (χ4v) is 1.68. The van der Waals surface area contributed by atoms with Gasteiger partial charge in [-0.25, -0.2) is 15.0 Å². The fraction of sp³-hybridized carbons (Fsp3) is 0.400. The highest BCUT2D eigenvalue weighted by Crippen LogP contribution is 2.03. The lowest BCUT2D eigenvalue weighted by Gasteiger charge is -2.20. The van der Waals surface area contributed by atoms with E-state index in [2.05, 4.69) is 16.2 Å². The van der Waals surface area contributed by atoms with Crippen molar-refractivity contribution < 1.29 is 19.1 Å². The minimum atomic E-state index is -0.784. The molecule has 0 aliphatic heterocycles. The summed E-state index contributed by atoms with van der Waals surface area (Å²) >= 11 is 0. The van der Waals surface area contributed by atoms with Crippen molar-refractivity contribution in [3.05, 3.63) is 35.9 Å². The van der Waals surface area contributed by atoms with E-state index in [1.54, 1.807) is 51.1 Å². The maximum Gasteiger partial charge on any atom is 0.334 e. The SMILES string of the molecule is CCOC(=O)C(NC(=O)NNC(=O)c1ccccc1)C(C)C. The maximum absolute atomic E-state index is 11.8. The van der Waals surface area contributed by atoms with E-state index in [0.29, 0.717) is 5.56 Å². The van der Waals surface area contributed by atoms with Gasteiger partial charge in [0.1, 0.15) is 6.04 Å². The predicted octanol–water partition coefficient (Wildman–Crippen LogP) is 1.22. The van der Waals surface area contributed by atoms with E-state index >= 15 is 0 Å². The standard InChI is InChI=1S/C15H21N3O4/c1-4-22-14(20)12(10(2)3)16-15(21)18-17-13(19)11-8-6-5-7-9-11/h5-10,12H,4H2,1-3H3,(H,17,19)(H2,16,18,21). The normalized spacial score (nSPS) is 11.5. The van der Waals surface area contributed by atoms with Crippen molar-refractivity contribution in [2.45, 2.75) is 26.8 Å². The summed E-state index contributed by atoms with van der Waals surface area (Å²) in [6.07, 6.45) is 0. The van der Waals surface area contributed by atoms with Crippen LogP contribution in [0.4, 0.5) is 4.79 Å². The molecule has 0 saturated heterocycles. The van der Waals surface area contributed by atoms with E-state index < -0.39 is 23.9 Å². The second kappa shape index (κ2) is 8.66. The van der Waals surface area contributed by atoms with Crippen molar-refractivity contribution in [2.75, 3.05) is 6.61 Å². The number of hydrazine groups is 1. The van der Waals surface area contributed by atoms with Crippen LogP contribution < -0.4 is 16.2 Å². The van der Waals surface area contributed by atoms with Gasteiger partial charge in [0, 0.05) is 5.56 Å². The third-order valence-corrected chi connectivity index (χ3v) is 2.82. The molecule has 1 atom stereocenters. The Morgan fingerprint density at radius 1 is 1.09 bits per heavy atom. The van der Waals surface area contributed by atoms with Crippen LogP contribution in [0.3, 0.4) is 0 Å². The van der Waals surface area contributed by atoms with Crippen LogP contribution in [0.1, 0.15) is 31.1 Å². The van der Waals surface area contributed by atoms with Gasteiger partial charge in [-0.2, -0.15) is 0 Å². The van der Waals surface area contributed by atoms with E-state index in [0.717, 1.165) is 0 Å². The summed E-state index contributed by atoms with van der Waals surface area (Å²) in [5.74, 6) is -1.11. The van der Waals surface area contributed by atoms with E-state index in [-0.39, 0.29) is 12.5 Å². The first-order chi connectivity index (χ1) is 10.5. The molecular weight excluding hydrogens is 286 g/mol. The van der Waals surface area contributed by atoms with Gasteiger partial charge in [0.05, 0.1) is 6.61 Å². The number of rotatable bonds is 5. The Morgan fingerprint density at radius 3 is 2.27 bits per heavy atom. The Hall–Kier alpha value is -2.57. The van der Waals surface area contributed by atoms with Crippen LogP contribution in [0.2, 0.25) is 0 Å². The van der Waals surface area contributed by atoms with Crippen LogP contribution in [0, 0.1) is 5.92 Å². The molecule has 0 aliphatic carbocycles. The van der Waals surface area contributed by atoms with Crippen molar-refractivity contribution >= 4 is 17.9 Å². The topological polar surface area (TPSA) is 96.5 Å². The Balaban J connectivity index is 2.50. The summed E-state index contributed by atoms with van der Waals surface area (Å²) in [6.45, 7) is 5.49. The lowest BCUT2D eigenvalue weighted by atomic mass is 10.1. The van der Waals surface area contributed by atoms with Gasteiger partial charge in [-0.15, -0.1) is 0 Å². The predicted molar refractivity (Wildman–Crippen MR) is 80.8 cm³/mol. The first kappa shape index (κ1) is 17.5. The van der Waals surface area contributed by atoms with Crippen LogP contribution in [0.5, 0.6) is 0 Å². The number of hydrogen-bond donors (Lipinski definition) is 3. The summed E-state index contributed by atoms with van der Waals surface area (Å²) < 4.78 is 4.89. The number of carbonyl (C=O) groups is 3. The fourth-order valence-electron chi connectivity index (χ4n) is 1.68. The van der Waals surface area contributed by atoms with E-state index in [4.69, 9.17) is 4.74 Å². The van der Waals surface area contributed by atoms with Crippen LogP contribution in [-0.2, 0) is 9.53 Å². The molecule has 1 unspecified atom stereocenters. The summed E-state index contributed by atoms with van der Waals surface area (Å²) in [6, 6.07) is 6.97. The Morgan fingerprint density at radius 2 is 1.73 bits per heavy atom. The Kier molecular flexibility index (Phi) is 6.88. The van der Waals surface area contributed by atoms with Crippen molar-refractivity contribution in [3.63, 3.8) is 0 Å². The monoisotopic (exact) mass is 307 g/mol. The molecule has 0 bridgehead atoms. The number of benzene rings is 1. The molecular formula is C15H21N3O4. The zero-order chi connectivity index (χ0) is 16.5. The van der Waals surface area contributed by atoms with Crippen molar-refractivity contribution in [1.82, 2.24) is 16.2 Å². The molecule has 0 radical (unpaired) electrons. The first-order valence-electron chi connectivity index (χ1n) is 7.04. The van der Waals surface area contributed by atoms with E-state index in [1.807, 2.05) is 0 Å². The molecule has 0 heterocycles. The molecule has 3 N–H and O–H groups in total. The van der Waals surface area contributed by atoms with Crippen molar-refractivity contribution in [2.24, 2.45) is 5.92 Å². The van der Waals surface area contributed by atoms with Crippen LogP contribution in [0.15, 0.2) is 30.3 Å². The molecule has 1 rings (SSSR count).